The molecule has 2 aromatic heterocycles. The molecule has 0 saturated heterocycles. The Morgan fingerprint density at radius 3 is 2.88 bits per heavy atom. The number of hydrogen-bond donors (Lipinski definition) is 0. The van der Waals surface area contributed by atoms with Crippen molar-refractivity contribution in [2.45, 2.75) is 13.0 Å². The monoisotopic (exact) mass is 450 g/mol. The molecule has 4 aromatic rings. The van der Waals surface area contributed by atoms with Gasteiger partial charge in [-0.15, -0.1) is 0 Å². The van der Waals surface area contributed by atoms with Crippen LogP contribution in [0.15, 0.2) is 55.1 Å². The van der Waals surface area contributed by atoms with Crippen LogP contribution in [0.3, 0.4) is 0 Å². The van der Waals surface area contributed by atoms with E-state index in [1.807, 2.05) is 29.0 Å². The maximum Gasteiger partial charge on any atom is 0.260 e. The van der Waals surface area contributed by atoms with Crippen LogP contribution in [0.2, 0.25) is 0 Å². The smallest absolute Gasteiger partial charge is 0.260 e. The van der Waals surface area contributed by atoms with Gasteiger partial charge in [-0.2, -0.15) is 0 Å². The van der Waals surface area contributed by atoms with Crippen molar-refractivity contribution >= 4 is 32.6 Å². The number of ether oxygens (including phenoxy) is 3. The van der Waals surface area contributed by atoms with Gasteiger partial charge in [0, 0.05) is 31.0 Å². The van der Waals surface area contributed by atoms with Gasteiger partial charge < -0.3 is 18.8 Å². The number of thiazole rings is 1. The van der Waals surface area contributed by atoms with Crippen LogP contribution in [0.25, 0.3) is 10.2 Å². The summed E-state index contributed by atoms with van der Waals surface area (Å²) in [5.74, 6) is 1.89. The van der Waals surface area contributed by atoms with Crippen molar-refractivity contribution in [1.29, 1.82) is 0 Å². The maximum absolute atomic E-state index is 13.6. The zero-order valence-corrected chi connectivity index (χ0v) is 18.4. The van der Waals surface area contributed by atoms with Gasteiger partial charge in [-0.25, -0.2) is 9.97 Å². The zero-order chi connectivity index (χ0) is 21.9. The molecule has 164 valence electrons. The van der Waals surface area contributed by atoms with Crippen molar-refractivity contribution < 1.29 is 19.0 Å². The first kappa shape index (κ1) is 20.3. The molecular weight excluding hydrogens is 428 g/mol. The van der Waals surface area contributed by atoms with Crippen LogP contribution in [-0.4, -0.2) is 47.3 Å². The highest BCUT2D eigenvalue weighted by Gasteiger charge is 2.23. The summed E-state index contributed by atoms with van der Waals surface area (Å²) in [6, 6.07) is 11.0. The molecule has 9 heteroatoms. The van der Waals surface area contributed by atoms with Crippen molar-refractivity contribution in [3.8, 4) is 17.2 Å². The minimum Gasteiger partial charge on any atom is -0.497 e. The van der Waals surface area contributed by atoms with Gasteiger partial charge in [-0.05, 0) is 42.8 Å². The van der Waals surface area contributed by atoms with Crippen LogP contribution in [0.4, 0.5) is 5.13 Å². The second-order valence-corrected chi connectivity index (χ2v) is 8.31. The molecule has 5 rings (SSSR count). The summed E-state index contributed by atoms with van der Waals surface area (Å²) in [6.07, 6.45) is 6.19. The minimum absolute atomic E-state index is 0.126. The first-order valence-corrected chi connectivity index (χ1v) is 11.1. The van der Waals surface area contributed by atoms with Gasteiger partial charge in [0.15, 0.2) is 16.6 Å². The second kappa shape index (κ2) is 8.88. The number of nitrogens with zero attached hydrogens (tertiary/aromatic N) is 4. The van der Waals surface area contributed by atoms with E-state index in [0.717, 1.165) is 28.9 Å². The summed E-state index contributed by atoms with van der Waals surface area (Å²) >= 11 is 1.47. The molecule has 0 N–H and O–H groups in total. The SMILES string of the molecule is COc1ccc2nc(N(CCCn3ccnc3)C(=O)c3ccc4c(c3)OCCO4)sc2c1. The summed E-state index contributed by atoms with van der Waals surface area (Å²) in [7, 11) is 1.64. The molecule has 8 nitrogen and oxygen atoms in total. The number of imidazole rings is 1. The number of rotatable bonds is 7. The molecule has 0 aliphatic carbocycles. The van der Waals surface area contributed by atoms with E-state index < -0.39 is 0 Å². The van der Waals surface area contributed by atoms with Crippen LogP contribution in [0.1, 0.15) is 16.8 Å². The quantitative estimate of drug-likeness (QED) is 0.423. The maximum atomic E-state index is 13.6. The average Bonchev–Trinajstić information content (AvgIpc) is 3.50. The molecule has 0 bridgehead atoms. The van der Waals surface area contributed by atoms with Crippen LogP contribution >= 0.6 is 11.3 Å². The summed E-state index contributed by atoms with van der Waals surface area (Å²) in [6.45, 7) is 2.25. The number of carbonyl (C=O) groups excluding carboxylic acids is 1. The zero-order valence-electron chi connectivity index (χ0n) is 17.6. The first-order chi connectivity index (χ1) is 15.7. The number of amides is 1. The highest BCUT2D eigenvalue weighted by Crippen LogP contribution is 2.34. The standard InChI is InChI=1S/C23H22N4O4S/c1-29-17-4-5-18-21(14-17)32-23(25-18)27(9-2-8-26-10-7-24-15-26)22(28)16-3-6-19-20(13-16)31-12-11-30-19/h3-7,10,13-15H,2,8-9,11-12H2,1H3. The van der Waals surface area contributed by atoms with Gasteiger partial charge in [0.1, 0.15) is 19.0 Å². The largest absolute Gasteiger partial charge is 0.497 e. The van der Waals surface area contributed by atoms with Gasteiger partial charge in [-0.3, -0.25) is 9.69 Å². The van der Waals surface area contributed by atoms with E-state index in [1.54, 1.807) is 42.7 Å². The highest BCUT2D eigenvalue weighted by atomic mass is 32.1. The Bertz CT molecular complexity index is 1240. The molecule has 0 radical (unpaired) electrons. The Kier molecular flexibility index (Phi) is 5.64. The number of carbonyl (C=O) groups is 1. The second-order valence-electron chi connectivity index (χ2n) is 7.30. The number of aryl methyl sites for hydroxylation is 1. The number of methoxy groups -OCH3 is 1. The highest BCUT2D eigenvalue weighted by molar-refractivity contribution is 7.22. The Balaban J connectivity index is 1.45. The molecule has 0 atom stereocenters. The van der Waals surface area contributed by atoms with Crippen molar-refractivity contribution in [2.24, 2.45) is 0 Å². The van der Waals surface area contributed by atoms with Gasteiger partial charge in [0.25, 0.3) is 5.91 Å². The molecule has 3 heterocycles. The van der Waals surface area contributed by atoms with Crippen molar-refractivity contribution in [3.63, 3.8) is 0 Å². The predicted molar refractivity (Wildman–Crippen MR) is 122 cm³/mol. The predicted octanol–water partition coefficient (Wildman–Crippen LogP) is 4.01. The first-order valence-electron chi connectivity index (χ1n) is 10.3. The Morgan fingerprint density at radius 2 is 2.06 bits per heavy atom. The van der Waals surface area contributed by atoms with Crippen molar-refractivity contribution in [1.82, 2.24) is 14.5 Å². The molecule has 0 saturated carbocycles. The van der Waals surface area contributed by atoms with E-state index >= 15 is 0 Å². The Morgan fingerprint density at radius 1 is 1.19 bits per heavy atom. The lowest BCUT2D eigenvalue weighted by Gasteiger charge is -2.22. The fraction of sp³-hybridized carbons (Fsp3) is 0.261. The van der Waals surface area contributed by atoms with Crippen LogP contribution < -0.4 is 19.1 Å². The van der Waals surface area contributed by atoms with Crippen molar-refractivity contribution in [2.75, 3.05) is 31.8 Å². The summed E-state index contributed by atoms with van der Waals surface area (Å²) < 4.78 is 19.6. The number of fused-ring (bicyclic) bond motifs is 2. The molecule has 0 spiro atoms. The number of hydrogen-bond acceptors (Lipinski definition) is 7. The van der Waals surface area contributed by atoms with Crippen LogP contribution in [0, 0.1) is 0 Å². The number of anilines is 1. The van der Waals surface area contributed by atoms with Crippen LogP contribution in [0.5, 0.6) is 17.2 Å². The average molecular weight is 451 g/mol. The number of aromatic nitrogens is 3. The molecular formula is C23H22N4O4S. The third kappa shape index (κ3) is 4.11. The Hall–Kier alpha value is -3.59. The van der Waals surface area contributed by atoms with E-state index in [-0.39, 0.29) is 5.91 Å². The Labute approximate surface area is 189 Å². The fourth-order valence-electron chi connectivity index (χ4n) is 3.58. The summed E-state index contributed by atoms with van der Waals surface area (Å²) in [5.41, 5.74) is 1.37. The lowest BCUT2D eigenvalue weighted by Crippen LogP contribution is -2.32. The third-order valence-corrected chi connectivity index (χ3v) is 6.25. The van der Waals surface area contributed by atoms with E-state index in [0.29, 0.717) is 42.0 Å². The molecule has 32 heavy (non-hydrogen) atoms. The van der Waals surface area contributed by atoms with Gasteiger partial charge >= 0.3 is 0 Å². The lowest BCUT2D eigenvalue weighted by molar-refractivity contribution is 0.0985. The van der Waals surface area contributed by atoms with Crippen molar-refractivity contribution in [3.05, 3.63) is 60.7 Å². The molecule has 0 fully saturated rings. The van der Waals surface area contributed by atoms with E-state index in [1.165, 1.54) is 11.3 Å². The number of benzene rings is 2. The minimum atomic E-state index is -0.126. The summed E-state index contributed by atoms with van der Waals surface area (Å²) in [4.78, 5) is 24.1. The molecule has 1 aliphatic rings. The van der Waals surface area contributed by atoms with Gasteiger partial charge in [0.05, 0.1) is 23.7 Å². The lowest BCUT2D eigenvalue weighted by atomic mass is 10.1. The van der Waals surface area contributed by atoms with Gasteiger partial charge in [-0.1, -0.05) is 11.3 Å². The third-order valence-electron chi connectivity index (χ3n) is 5.21. The van der Waals surface area contributed by atoms with E-state index in [2.05, 4.69) is 4.98 Å². The fourth-order valence-corrected chi connectivity index (χ4v) is 4.60. The molecule has 2 aromatic carbocycles. The van der Waals surface area contributed by atoms with Crippen LogP contribution in [-0.2, 0) is 6.54 Å². The normalized spacial score (nSPS) is 12.7. The van der Waals surface area contributed by atoms with E-state index in [4.69, 9.17) is 19.2 Å². The molecule has 1 amide bonds. The molecule has 0 unspecified atom stereocenters. The topological polar surface area (TPSA) is 78.7 Å². The van der Waals surface area contributed by atoms with Gasteiger partial charge in [0.2, 0.25) is 0 Å². The van der Waals surface area contributed by atoms with E-state index in [9.17, 15) is 4.79 Å². The summed E-state index contributed by atoms with van der Waals surface area (Å²) in [5, 5.41) is 0.652. The molecule has 1 aliphatic heterocycles.